The van der Waals surface area contributed by atoms with Gasteiger partial charge in [0.2, 0.25) is 9.05 Å². The lowest BCUT2D eigenvalue weighted by Crippen LogP contribution is -2.06. The van der Waals surface area contributed by atoms with Crippen LogP contribution in [0.3, 0.4) is 0 Å². The summed E-state index contributed by atoms with van der Waals surface area (Å²) in [5.41, 5.74) is 3.32. The van der Waals surface area contributed by atoms with E-state index < -0.39 is 9.05 Å². The van der Waals surface area contributed by atoms with Gasteiger partial charge in [-0.05, 0) is 43.9 Å². The van der Waals surface area contributed by atoms with Crippen LogP contribution < -0.4 is 4.74 Å². The number of ether oxygens (including phenoxy) is 1. The van der Waals surface area contributed by atoms with Crippen LogP contribution in [0.25, 0.3) is 0 Å². The molecule has 5 heteroatoms. The fourth-order valence-corrected chi connectivity index (χ4v) is 2.34. The number of hydrogen-bond donors (Lipinski definition) is 0. The van der Waals surface area contributed by atoms with Crippen LogP contribution in [0, 0.1) is 20.8 Å². The van der Waals surface area contributed by atoms with Crippen LogP contribution in [0.1, 0.15) is 23.1 Å². The minimum Gasteiger partial charge on any atom is -0.493 e. The summed E-state index contributed by atoms with van der Waals surface area (Å²) in [6.07, 6.45) is 0.401. The Morgan fingerprint density at radius 2 is 1.76 bits per heavy atom. The average Bonchev–Trinajstić information content (AvgIpc) is 2.21. The van der Waals surface area contributed by atoms with E-state index in [9.17, 15) is 8.42 Å². The van der Waals surface area contributed by atoms with Crippen molar-refractivity contribution in [1.82, 2.24) is 0 Å². The van der Waals surface area contributed by atoms with Crippen molar-refractivity contribution in [3.05, 3.63) is 28.8 Å². The monoisotopic (exact) mass is 276 g/mol. The Morgan fingerprint density at radius 3 is 2.35 bits per heavy atom. The van der Waals surface area contributed by atoms with Gasteiger partial charge in [0.15, 0.2) is 0 Å². The van der Waals surface area contributed by atoms with Crippen LogP contribution >= 0.6 is 10.7 Å². The minimum atomic E-state index is -3.41. The molecule has 17 heavy (non-hydrogen) atoms. The van der Waals surface area contributed by atoms with E-state index in [4.69, 9.17) is 15.4 Å². The van der Waals surface area contributed by atoms with Crippen molar-refractivity contribution >= 4 is 19.7 Å². The molecule has 0 aliphatic heterocycles. The highest BCUT2D eigenvalue weighted by Gasteiger charge is 2.08. The van der Waals surface area contributed by atoms with Crippen molar-refractivity contribution < 1.29 is 13.2 Å². The molecule has 0 saturated heterocycles. The topological polar surface area (TPSA) is 43.4 Å². The third-order valence-electron chi connectivity index (χ3n) is 2.65. The fourth-order valence-electron chi connectivity index (χ4n) is 1.55. The summed E-state index contributed by atoms with van der Waals surface area (Å²) < 4.78 is 27.1. The Morgan fingerprint density at radius 1 is 1.18 bits per heavy atom. The molecule has 0 amide bonds. The lowest BCUT2D eigenvalue weighted by atomic mass is 10.1. The van der Waals surface area contributed by atoms with Gasteiger partial charge < -0.3 is 4.74 Å². The standard InChI is InChI=1S/C12H17ClO3S/c1-9-5-6-10(2)12(11(9)3)16-7-4-8-17(13,14)15/h5-6H,4,7-8H2,1-3H3. The number of halogens is 1. The third-order valence-corrected chi connectivity index (χ3v) is 3.89. The molecule has 0 fully saturated rings. The van der Waals surface area contributed by atoms with E-state index in [0.29, 0.717) is 13.0 Å². The fraction of sp³-hybridized carbons (Fsp3) is 0.500. The number of aryl methyl sites for hydroxylation is 2. The van der Waals surface area contributed by atoms with E-state index in [2.05, 4.69) is 0 Å². The molecule has 1 rings (SSSR count). The highest BCUT2D eigenvalue weighted by Crippen LogP contribution is 2.25. The molecule has 0 radical (unpaired) electrons. The van der Waals surface area contributed by atoms with Gasteiger partial charge in [-0.25, -0.2) is 8.42 Å². The van der Waals surface area contributed by atoms with Crippen molar-refractivity contribution in [3.63, 3.8) is 0 Å². The highest BCUT2D eigenvalue weighted by molar-refractivity contribution is 8.13. The molecular formula is C12H17ClO3S. The van der Waals surface area contributed by atoms with Gasteiger partial charge in [0.1, 0.15) is 5.75 Å². The third kappa shape index (κ3) is 4.56. The Labute approximate surface area is 107 Å². The van der Waals surface area contributed by atoms with Gasteiger partial charge in [0.25, 0.3) is 0 Å². The highest BCUT2D eigenvalue weighted by atomic mass is 35.7. The Balaban J connectivity index is 2.61. The average molecular weight is 277 g/mol. The Hall–Kier alpha value is -0.740. The maximum absolute atomic E-state index is 10.7. The SMILES string of the molecule is Cc1ccc(C)c(OCCCS(=O)(=O)Cl)c1C. The molecule has 0 atom stereocenters. The van der Waals surface area contributed by atoms with Gasteiger partial charge in [-0.3, -0.25) is 0 Å². The quantitative estimate of drug-likeness (QED) is 0.613. The predicted molar refractivity (Wildman–Crippen MR) is 70.4 cm³/mol. The first-order chi connectivity index (χ1) is 7.81. The molecular weight excluding hydrogens is 260 g/mol. The Kier molecular flexibility index (Phi) is 4.83. The van der Waals surface area contributed by atoms with Crippen molar-refractivity contribution in [3.8, 4) is 5.75 Å². The van der Waals surface area contributed by atoms with E-state index in [1.54, 1.807) is 0 Å². The van der Waals surface area contributed by atoms with Crippen LogP contribution in [0.5, 0.6) is 5.75 Å². The molecule has 0 aliphatic rings. The first-order valence-corrected chi connectivity index (χ1v) is 7.91. The normalized spacial score (nSPS) is 11.5. The number of benzene rings is 1. The van der Waals surface area contributed by atoms with Gasteiger partial charge >= 0.3 is 0 Å². The molecule has 0 saturated carbocycles. The molecule has 0 aromatic heterocycles. The molecule has 0 aliphatic carbocycles. The summed E-state index contributed by atoms with van der Waals surface area (Å²) in [7, 11) is 1.70. The van der Waals surface area contributed by atoms with E-state index >= 15 is 0 Å². The van der Waals surface area contributed by atoms with Crippen LogP contribution in [-0.4, -0.2) is 20.8 Å². The van der Waals surface area contributed by atoms with Gasteiger partial charge in [-0.15, -0.1) is 0 Å². The molecule has 0 spiro atoms. The summed E-state index contributed by atoms with van der Waals surface area (Å²) in [5.74, 6) is 0.787. The predicted octanol–water partition coefficient (Wildman–Crippen LogP) is 2.95. The largest absolute Gasteiger partial charge is 0.493 e. The molecule has 0 bridgehead atoms. The number of hydrogen-bond acceptors (Lipinski definition) is 3. The smallest absolute Gasteiger partial charge is 0.232 e. The zero-order valence-corrected chi connectivity index (χ0v) is 11.9. The summed E-state index contributed by atoms with van der Waals surface area (Å²) in [6.45, 7) is 6.35. The van der Waals surface area contributed by atoms with Gasteiger partial charge in [0.05, 0.1) is 12.4 Å². The van der Waals surface area contributed by atoms with Crippen molar-refractivity contribution in [2.75, 3.05) is 12.4 Å². The van der Waals surface area contributed by atoms with E-state index in [1.807, 2.05) is 32.9 Å². The summed E-state index contributed by atoms with van der Waals surface area (Å²) in [4.78, 5) is 0. The molecule has 0 unspecified atom stereocenters. The Bertz CT molecular complexity index is 495. The van der Waals surface area contributed by atoms with Crippen LogP contribution in [0.4, 0.5) is 0 Å². The number of rotatable bonds is 5. The van der Waals surface area contributed by atoms with E-state index in [-0.39, 0.29) is 5.75 Å². The first-order valence-electron chi connectivity index (χ1n) is 5.43. The second kappa shape index (κ2) is 5.74. The lowest BCUT2D eigenvalue weighted by molar-refractivity contribution is 0.313. The van der Waals surface area contributed by atoms with Gasteiger partial charge in [0, 0.05) is 10.7 Å². The first kappa shape index (κ1) is 14.3. The summed E-state index contributed by atoms with van der Waals surface area (Å²) >= 11 is 0. The van der Waals surface area contributed by atoms with Gasteiger partial charge in [-0.2, -0.15) is 0 Å². The van der Waals surface area contributed by atoms with E-state index in [0.717, 1.165) is 22.4 Å². The maximum Gasteiger partial charge on any atom is 0.232 e. The summed E-state index contributed by atoms with van der Waals surface area (Å²) in [5, 5.41) is 0. The molecule has 96 valence electrons. The maximum atomic E-state index is 10.7. The van der Waals surface area contributed by atoms with Gasteiger partial charge in [-0.1, -0.05) is 12.1 Å². The zero-order valence-electron chi connectivity index (χ0n) is 10.3. The second-order valence-corrected chi connectivity index (χ2v) is 6.99. The molecule has 1 aromatic carbocycles. The second-order valence-electron chi connectivity index (χ2n) is 4.10. The lowest BCUT2D eigenvalue weighted by Gasteiger charge is -2.13. The van der Waals surface area contributed by atoms with Crippen LogP contribution in [-0.2, 0) is 9.05 Å². The van der Waals surface area contributed by atoms with Crippen LogP contribution in [0.15, 0.2) is 12.1 Å². The zero-order chi connectivity index (χ0) is 13.1. The van der Waals surface area contributed by atoms with Crippen molar-refractivity contribution in [1.29, 1.82) is 0 Å². The molecule has 0 N–H and O–H groups in total. The molecule has 1 aromatic rings. The molecule has 0 heterocycles. The molecule has 3 nitrogen and oxygen atoms in total. The van der Waals surface area contributed by atoms with Crippen molar-refractivity contribution in [2.45, 2.75) is 27.2 Å². The summed E-state index contributed by atoms with van der Waals surface area (Å²) in [6, 6.07) is 4.04. The van der Waals surface area contributed by atoms with Crippen molar-refractivity contribution in [2.24, 2.45) is 0 Å². The van der Waals surface area contributed by atoms with Crippen LogP contribution in [0.2, 0.25) is 0 Å². The minimum absolute atomic E-state index is 0.0571. The van der Waals surface area contributed by atoms with E-state index in [1.165, 1.54) is 0 Å².